The van der Waals surface area contributed by atoms with Crippen molar-refractivity contribution in [2.24, 2.45) is 0 Å². The van der Waals surface area contributed by atoms with Crippen LogP contribution in [0.2, 0.25) is 19.6 Å². The quantitative estimate of drug-likeness (QED) is 0.470. The first-order valence-corrected chi connectivity index (χ1v) is 8.06. The third-order valence-electron chi connectivity index (χ3n) is 0.437. The Labute approximate surface area is 56.1 Å². The Kier molecular flexibility index (Phi) is 2.62. The van der Waals surface area contributed by atoms with Crippen molar-refractivity contribution in [2.75, 3.05) is 6.66 Å². The van der Waals surface area contributed by atoms with Crippen LogP contribution in [-0.4, -0.2) is 15.0 Å². The normalized spacial score (nSPS) is 19.2. The van der Waals surface area contributed by atoms with Crippen LogP contribution in [0.1, 0.15) is 0 Å². The first kappa shape index (κ1) is 9.34. The molecule has 0 rings (SSSR count). The van der Waals surface area contributed by atoms with Crippen LogP contribution in [-0.2, 0) is 8.78 Å². The molecular weight excluding hydrogens is 158 g/mol. The highest BCUT2D eigenvalue weighted by atomic mass is 31.2. The topological polar surface area (TPSA) is 26.3 Å². The Morgan fingerprint density at radius 2 is 1.78 bits per heavy atom. The summed E-state index contributed by atoms with van der Waals surface area (Å²) >= 11 is 0. The number of hydrogen-bond donors (Lipinski definition) is 0. The molecule has 0 bridgehead atoms. The van der Waals surface area contributed by atoms with Gasteiger partial charge in [0.05, 0.1) is 0 Å². The molecule has 0 saturated carbocycles. The zero-order chi connectivity index (χ0) is 7.71. The Morgan fingerprint density at radius 3 is 1.78 bits per heavy atom. The molecule has 0 amide bonds. The molecule has 0 spiro atoms. The average Bonchev–Trinajstić information content (AvgIpc) is 1.14. The molecule has 9 heavy (non-hydrogen) atoms. The van der Waals surface area contributed by atoms with Crippen LogP contribution in [0.5, 0.6) is 0 Å². The van der Waals surface area contributed by atoms with Gasteiger partial charge in [-0.15, -0.1) is 0 Å². The molecular formula is C4H12FO2PSi. The van der Waals surface area contributed by atoms with Crippen molar-refractivity contribution in [2.45, 2.75) is 19.6 Å². The standard InChI is InChI=1S/C4H12FO2PSi/c1-8(5,6)7-9(2,3)4/h1-4H3. The van der Waals surface area contributed by atoms with Gasteiger partial charge in [-0.2, -0.15) is 4.20 Å². The van der Waals surface area contributed by atoms with E-state index in [1.54, 1.807) is 19.6 Å². The fraction of sp³-hybridized carbons (Fsp3) is 1.00. The second kappa shape index (κ2) is 2.52. The van der Waals surface area contributed by atoms with E-state index < -0.39 is 16.0 Å². The van der Waals surface area contributed by atoms with Crippen molar-refractivity contribution in [3.63, 3.8) is 0 Å². The molecule has 5 heteroatoms. The van der Waals surface area contributed by atoms with Gasteiger partial charge in [-0.1, -0.05) is 0 Å². The van der Waals surface area contributed by atoms with Gasteiger partial charge in [0, 0.05) is 6.66 Å². The van der Waals surface area contributed by atoms with Gasteiger partial charge >= 0.3 is 7.68 Å². The maximum atomic E-state index is 12.3. The van der Waals surface area contributed by atoms with E-state index in [4.69, 9.17) is 0 Å². The van der Waals surface area contributed by atoms with Crippen molar-refractivity contribution in [3.8, 4) is 0 Å². The predicted molar refractivity (Wildman–Crippen MR) is 39.1 cm³/mol. The van der Waals surface area contributed by atoms with Crippen LogP contribution < -0.4 is 0 Å². The molecule has 0 aliphatic heterocycles. The summed E-state index contributed by atoms with van der Waals surface area (Å²) < 4.78 is 27.3. The molecule has 0 radical (unpaired) electrons. The van der Waals surface area contributed by atoms with Crippen molar-refractivity contribution in [3.05, 3.63) is 0 Å². The molecule has 1 atom stereocenters. The van der Waals surface area contributed by atoms with E-state index in [9.17, 15) is 8.76 Å². The van der Waals surface area contributed by atoms with Gasteiger partial charge in [-0.3, -0.25) is 4.57 Å². The summed E-state index contributed by atoms with van der Waals surface area (Å²) in [6.07, 6.45) is 0. The molecule has 0 aromatic heterocycles. The van der Waals surface area contributed by atoms with E-state index in [0.717, 1.165) is 6.66 Å². The maximum absolute atomic E-state index is 12.3. The molecule has 2 nitrogen and oxygen atoms in total. The first-order chi connectivity index (χ1) is 3.71. The second-order valence-corrected chi connectivity index (χ2v) is 9.40. The Hall–Kier alpha value is 0.337. The summed E-state index contributed by atoms with van der Waals surface area (Å²) in [6.45, 7) is 6.37. The highest BCUT2D eigenvalue weighted by Crippen LogP contribution is 2.46. The smallest absolute Gasteiger partial charge is 0.348 e. The first-order valence-electron chi connectivity index (χ1n) is 2.69. The van der Waals surface area contributed by atoms with Crippen LogP contribution in [0.3, 0.4) is 0 Å². The van der Waals surface area contributed by atoms with Crippen LogP contribution >= 0.6 is 7.68 Å². The SMILES string of the molecule is C[Si](C)(C)OP(C)(=O)F. The zero-order valence-electron chi connectivity index (χ0n) is 6.14. The molecule has 0 fully saturated rings. The lowest BCUT2D eigenvalue weighted by Gasteiger charge is -2.16. The molecule has 0 aliphatic rings. The second-order valence-electron chi connectivity index (χ2n) is 2.95. The third kappa shape index (κ3) is 8.34. The van der Waals surface area contributed by atoms with Crippen LogP contribution in [0.15, 0.2) is 0 Å². The van der Waals surface area contributed by atoms with E-state index >= 15 is 0 Å². The fourth-order valence-corrected chi connectivity index (χ4v) is 4.40. The maximum Gasteiger partial charge on any atom is 0.355 e. The summed E-state index contributed by atoms with van der Waals surface area (Å²) in [5.41, 5.74) is 0. The Balaban J connectivity index is 3.90. The van der Waals surface area contributed by atoms with Gasteiger partial charge in [-0.25, -0.2) is 0 Å². The van der Waals surface area contributed by atoms with Gasteiger partial charge in [0.25, 0.3) is 0 Å². The van der Waals surface area contributed by atoms with E-state index in [1.807, 2.05) is 0 Å². The highest BCUT2D eigenvalue weighted by molar-refractivity contribution is 7.54. The number of halogens is 1. The van der Waals surface area contributed by atoms with E-state index in [-0.39, 0.29) is 0 Å². The lowest BCUT2D eigenvalue weighted by molar-refractivity contribution is 0.441. The molecule has 0 aromatic rings. The molecule has 0 N–H and O–H groups in total. The minimum atomic E-state index is -3.73. The Bertz CT molecular complexity index is 136. The molecule has 0 aliphatic carbocycles. The average molecular weight is 170 g/mol. The van der Waals surface area contributed by atoms with Crippen LogP contribution in [0.4, 0.5) is 4.20 Å². The summed E-state index contributed by atoms with van der Waals surface area (Å²) in [4.78, 5) is 0. The van der Waals surface area contributed by atoms with Crippen LogP contribution in [0, 0.1) is 0 Å². The lowest BCUT2D eigenvalue weighted by atomic mass is 11.8. The van der Waals surface area contributed by atoms with Crippen molar-refractivity contribution in [1.29, 1.82) is 0 Å². The van der Waals surface area contributed by atoms with Gasteiger partial charge in [0.15, 0.2) is 8.32 Å². The minimum Gasteiger partial charge on any atom is -0.348 e. The van der Waals surface area contributed by atoms with E-state index in [0.29, 0.717) is 0 Å². The van der Waals surface area contributed by atoms with Gasteiger partial charge in [0.2, 0.25) is 0 Å². The number of rotatable bonds is 2. The zero-order valence-corrected chi connectivity index (χ0v) is 8.04. The summed E-state index contributed by atoms with van der Waals surface area (Å²) in [5, 5.41) is 0. The molecule has 1 unspecified atom stereocenters. The van der Waals surface area contributed by atoms with Gasteiger partial charge in [0.1, 0.15) is 0 Å². The third-order valence-corrected chi connectivity index (χ3v) is 3.93. The number of hydrogen-bond acceptors (Lipinski definition) is 2. The van der Waals surface area contributed by atoms with Crippen LogP contribution in [0.25, 0.3) is 0 Å². The van der Waals surface area contributed by atoms with E-state index in [1.165, 1.54) is 0 Å². The van der Waals surface area contributed by atoms with Crippen molar-refractivity contribution < 1.29 is 13.0 Å². The summed E-state index contributed by atoms with van der Waals surface area (Å²) in [7, 11) is -5.66. The summed E-state index contributed by atoms with van der Waals surface area (Å²) in [6, 6.07) is 0. The largest absolute Gasteiger partial charge is 0.355 e. The monoisotopic (exact) mass is 170 g/mol. The molecule has 0 heterocycles. The molecule has 0 aromatic carbocycles. The fourth-order valence-electron chi connectivity index (χ4n) is 0.489. The van der Waals surface area contributed by atoms with Crippen molar-refractivity contribution >= 4 is 16.0 Å². The minimum absolute atomic E-state index is 0.991. The van der Waals surface area contributed by atoms with E-state index in [2.05, 4.69) is 4.21 Å². The van der Waals surface area contributed by atoms with Crippen molar-refractivity contribution in [1.82, 2.24) is 0 Å². The summed E-state index contributed by atoms with van der Waals surface area (Å²) in [5.74, 6) is 0. The lowest BCUT2D eigenvalue weighted by Crippen LogP contribution is -2.22. The predicted octanol–water partition coefficient (Wildman–Crippen LogP) is 2.63. The Morgan fingerprint density at radius 1 is 1.44 bits per heavy atom. The van der Waals surface area contributed by atoms with Gasteiger partial charge < -0.3 is 4.21 Å². The molecule has 0 saturated heterocycles. The van der Waals surface area contributed by atoms with Gasteiger partial charge in [-0.05, 0) is 19.6 Å². The highest BCUT2D eigenvalue weighted by Gasteiger charge is 2.25. The molecule has 56 valence electrons.